The second kappa shape index (κ2) is 10.3. The van der Waals surface area contributed by atoms with Gasteiger partial charge in [0.2, 0.25) is 5.91 Å². The van der Waals surface area contributed by atoms with E-state index in [2.05, 4.69) is 10.6 Å². The summed E-state index contributed by atoms with van der Waals surface area (Å²) >= 11 is 0. The van der Waals surface area contributed by atoms with E-state index >= 15 is 0 Å². The molecule has 1 aliphatic heterocycles. The van der Waals surface area contributed by atoms with Gasteiger partial charge in [0.1, 0.15) is 0 Å². The lowest BCUT2D eigenvalue weighted by atomic mass is 10.1. The number of carbonyl (C=O) groups excluding carboxylic acids is 2. The summed E-state index contributed by atoms with van der Waals surface area (Å²) in [6.07, 6.45) is -9.08. The van der Waals surface area contributed by atoms with Crippen molar-refractivity contribution in [3.05, 3.63) is 65.2 Å². The molecule has 0 saturated carbocycles. The van der Waals surface area contributed by atoms with Crippen LogP contribution in [-0.2, 0) is 23.7 Å². The van der Waals surface area contributed by atoms with Crippen LogP contribution in [0.25, 0.3) is 0 Å². The summed E-state index contributed by atoms with van der Waals surface area (Å²) in [6, 6.07) is 8.87. The number of anilines is 1. The number of nitrogens with one attached hydrogen (secondary N) is 2. The molecule has 0 aromatic heterocycles. The van der Waals surface area contributed by atoms with Gasteiger partial charge in [0.15, 0.2) is 0 Å². The number of piperazine rings is 1. The molecule has 2 N–H and O–H groups in total. The quantitative estimate of drug-likeness (QED) is 0.621. The van der Waals surface area contributed by atoms with Crippen molar-refractivity contribution < 1.29 is 35.9 Å². The number of hydrogen-bond donors (Lipinski definition) is 2. The van der Waals surface area contributed by atoms with Gasteiger partial charge in [-0.05, 0) is 29.8 Å². The molecule has 3 rings (SSSR count). The van der Waals surface area contributed by atoms with Crippen molar-refractivity contribution in [2.45, 2.75) is 18.9 Å². The maximum Gasteiger partial charge on any atom is 0.418 e. The van der Waals surface area contributed by atoms with E-state index in [1.165, 1.54) is 35.2 Å². The third-order valence-electron chi connectivity index (χ3n) is 5.23. The van der Waals surface area contributed by atoms with Crippen LogP contribution in [0.15, 0.2) is 48.5 Å². The smallest absolute Gasteiger partial charge is 0.334 e. The van der Waals surface area contributed by atoms with E-state index in [1.807, 2.05) is 0 Å². The number of carbonyl (C=O) groups is 2. The van der Waals surface area contributed by atoms with Crippen LogP contribution in [0.1, 0.15) is 16.7 Å². The van der Waals surface area contributed by atoms with Crippen LogP contribution in [0.4, 0.5) is 36.8 Å². The predicted octanol–water partition coefficient (Wildman–Crippen LogP) is 4.19. The van der Waals surface area contributed by atoms with Crippen molar-refractivity contribution in [2.24, 2.45) is 0 Å². The number of urea groups is 1. The molecule has 0 bridgehead atoms. The summed E-state index contributed by atoms with van der Waals surface area (Å²) in [7, 11) is 0. The number of rotatable bonds is 5. The molecular weight excluding hydrogens is 466 g/mol. The third-order valence-corrected chi connectivity index (χ3v) is 5.23. The van der Waals surface area contributed by atoms with E-state index in [9.17, 15) is 35.9 Å². The fourth-order valence-electron chi connectivity index (χ4n) is 3.49. The number of nitrogens with zero attached hydrogens (tertiary/aromatic N) is 2. The highest BCUT2D eigenvalue weighted by atomic mass is 19.4. The molecule has 0 radical (unpaired) electrons. The van der Waals surface area contributed by atoms with E-state index in [0.29, 0.717) is 18.7 Å². The molecule has 1 heterocycles. The molecule has 0 atom stereocenters. The molecule has 1 saturated heterocycles. The van der Waals surface area contributed by atoms with Crippen molar-refractivity contribution in [3.63, 3.8) is 0 Å². The summed E-state index contributed by atoms with van der Waals surface area (Å²) in [4.78, 5) is 27.7. The van der Waals surface area contributed by atoms with E-state index in [4.69, 9.17) is 0 Å². The first-order chi connectivity index (χ1) is 15.9. The summed E-state index contributed by atoms with van der Waals surface area (Å²) < 4.78 is 77.6. The molecule has 12 heteroatoms. The fourth-order valence-corrected chi connectivity index (χ4v) is 3.49. The Kier molecular flexibility index (Phi) is 7.70. The third kappa shape index (κ3) is 6.86. The highest BCUT2D eigenvalue weighted by Gasteiger charge is 2.34. The second-order valence-electron chi connectivity index (χ2n) is 7.71. The van der Waals surface area contributed by atoms with Gasteiger partial charge in [0, 0.05) is 32.7 Å². The van der Waals surface area contributed by atoms with Gasteiger partial charge in [0.25, 0.3) is 0 Å². The van der Waals surface area contributed by atoms with Crippen LogP contribution in [0, 0.1) is 0 Å². The fraction of sp³-hybridized carbons (Fsp3) is 0.364. The van der Waals surface area contributed by atoms with E-state index in [1.54, 1.807) is 4.90 Å². The molecule has 3 amide bonds. The number of para-hydroxylation sites is 1. The molecule has 6 nitrogen and oxygen atoms in total. The SMILES string of the molecule is O=C(CN1CCN(C(=O)NCc2cccc(C(F)(F)F)c2)CC1)Nc1ccccc1C(F)(F)F. The lowest BCUT2D eigenvalue weighted by Crippen LogP contribution is -2.52. The van der Waals surface area contributed by atoms with Crippen molar-refractivity contribution >= 4 is 17.6 Å². The van der Waals surface area contributed by atoms with Crippen molar-refractivity contribution in [1.82, 2.24) is 15.1 Å². The van der Waals surface area contributed by atoms with Crippen LogP contribution in [0.5, 0.6) is 0 Å². The Labute approximate surface area is 191 Å². The molecule has 1 fully saturated rings. The first-order valence-electron chi connectivity index (χ1n) is 10.3. The lowest BCUT2D eigenvalue weighted by Gasteiger charge is -2.34. The van der Waals surface area contributed by atoms with Gasteiger partial charge in [-0.1, -0.05) is 24.3 Å². The zero-order chi connectivity index (χ0) is 24.9. The molecular formula is C22H22F6N4O2. The molecule has 34 heavy (non-hydrogen) atoms. The Morgan fingerprint density at radius 3 is 2.18 bits per heavy atom. The maximum absolute atomic E-state index is 13.1. The van der Waals surface area contributed by atoms with Gasteiger partial charge >= 0.3 is 18.4 Å². The molecule has 2 aromatic carbocycles. The average molecular weight is 488 g/mol. The Bertz CT molecular complexity index is 1020. The minimum Gasteiger partial charge on any atom is -0.334 e. The Morgan fingerprint density at radius 1 is 0.853 bits per heavy atom. The second-order valence-corrected chi connectivity index (χ2v) is 7.71. The van der Waals surface area contributed by atoms with Gasteiger partial charge in [-0.2, -0.15) is 26.3 Å². The summed E-state index contributed by atoms with van der Waals surface area (Å²) in [5, 5.41) is 4.85. The zero-order valence-electron chi connectivity index (χ0n) is 17.8. The van der Waals surface area contributed by atoms with Gasteiger partial charge in [-0.15, -0.1) is 0 Å². The van der Waals surface area contributed by atoms with Crippen LogP contribution in [-0.4, -0.2) is 54.5 Å². The first-order valence-corrected chi connectivity index (χ1v) is 10.3. The van der Waals surface area contributed by atoms with Crippen molar-refractivity contribution in [1.29, 1.82) is 0 Å². The highest BCUT2D eigenvalue weighted by molar-refractivity contribution is 5.93. The van der Waals surface area contributed by atoms with Crippen LogP contribution in [0.3, 0.4) is 0 Å². The molecule has 184 valence electrons. The lowest BCUT2D eigenvalue weighted by molar-refractivity contribution is -0.138. The van der Waals surface area contributed by atoms with Gasteiger partial charge < -0.3 is 15.5 Å². The molecule has 0 spiro atoms. The Balaban J connectivity index is 1.46. The molecule has 1 aliphatic rings. The zero-order valence-corrected chi connectivity index (χ0v) is 17.8. The standard InChI is InChI=1S/C22H22F6N4O2/c23-21(24,25)16-5-3-4-15(12-16)13-29-20(34)32-10-8-31(9-11-32)14-19(33)30-18-7-2-1-6-17(18)22(26,27)28/h1-7,12H,8-11,13-14H2,(H,29,34)(H,30,33). The van der Waals surface area contributed by atoms with E-state index in [0.717, 1.165) is 18.2 Å². The van der Waals surface area contributed by atoms with Gasteiger partial charge in [-0.25, -0.2) is 4.79 Å². The minimum absolute atomic E-state index is 0.0794. The summed E-state index contributed by atoms with van der Waals surface area (Å²) in [6.45, 7) is 0.897. The first kappa shape index (κ1) is 25.3. The number of halogens is 6. The molecule has 2 aromatic rings. The Hall–Kier alpha value is -3.28. The highest BCUT2D eigenvalue weighted by Crippen LogP contribution is 2.34. The van der Waals surface area contributed by atoms with Crippen LogP contribution >= 0.6 is 0 Å². The number of alkyl halides is 6. The van der Waals surface area contributed by atoms with Crippen LogP contribution < -0.4 is 10.6 Å². The average Bonchev–Trinajstić information content (AvgIpc) is 2.77. The van der Waals surface area contributed by atoms with E-state index < -0.39 is 35.4 Å². The van der Waals surface area contributed by atoms with Crippen molar-refractivity contribution in [2.75, 3.05) is 38.0 Å². The number of amides is 3. The monoisotopic (exact) mass is 488 g/mol. The minimum atomic E-state index is -4.60. The number of hydrogen-bond acceptors (Lipinski definition) is 3. The molecule has 0 aliphatic carbocycles. The van der Waals surface area contributed by atoms with Crippen LogP contribution in [0.2, 0.25) is 0 Å². The van der Waals surface area contributed by atoms with Gasteiger partial charge in [-0.3, -0.25) is 9.69 Å². The summed E-state index contributed by atoms with van der Waals surface area (Å²) in [5.74, 6) is -0.612. The van der Waals surface area contributed by atoms with Gasteiger partial charge in [0.05, 0.1) is 23.4 Å². The Morgan fingerprint density at radius 2 is 1.53 bits per heavy atom. The largest absolute Gasteiger partial charge is 0.418 e. The maximum atomic E-state index is 13.1. The topological polar surface area (TPSA) is 64.7 Å². The number of benzene rings is 2. The predicted molar refractivity (Wildman–Crippen MR) is 112 cm³/mol. The van der Waals surface area contributed by atoms with Crippen molar-refractivity contribution in [3.8, 4) is 0 Å². The molecule has 0 unspecified atom stereocenters. The normalized spacial score (nSPS) is 15.2. The van der Waals surface area contributed by atoms with E-state index in [-0.39, 0.29) is 31.9 Å². The summed E-state index contributed by atoms with van der Waals surface area (Å²) in [5.41, 5.74) is -1.76.